The maximum atomic E-state index is 15.7. The summed E-state index contributed by atoms with van der Waals surface area (Å²) in [6.07, 6.45) is -11.4. The van der Waals surface area contributed by atoms with Crippen molar-refractivity contribution in [2.24, 2.45) is 46.8 Å². The molecule has 6 fully saturated rings. The van der Waals surface area contributed by atoms with Gasteiger partial charge in [0, 0.05) is 69.5 Å². The maximum Gasteiger partial charge on any atom is 0.397 e. The van der Waals surface area contributed by atoms with Gasteiger partial charge in [-0.1, -0.05) is 72.5 Å². The molecule has 7 rings (SSSR count). The summed E-state index contributed by atoms with van der Waals surface area (Å²) in [6.45, 7) is 8.75. The van der Waals surface area contributed by atoms with Crippen LogP contribution in [0.15, 0.2) is 12.2 Å². The molecule has 12 atom stereocenters. The molecule has 3 N–H and O–H groups in total. The summed E-state index contributed by atoms with van der Waals surface area (Å²) < 4.78 is 115. The average Bonchev–Trinajstić information content (AvgIpc) is 1.07. The fraction of sp³-hybridized carbons (Fsp3) is 0.813. The summed E-state index contributed by atoms with van der Waals surface area (Å²) in [6, 6.07) is -11.2. The van der Waals surface area contributed by atoms with E-state index in [9.17, 15) is 55.1 Å². The third-order valence-electron chi connectivity index (χ3n) is 24.2. The Morgan fingerprint density at radius 2 is 1.24 bits per heavy atom. The van der Waals surface area contributed by atoms with Gasteiger partial charge in [0.25, 0.3) is 0 Å². The fourth-order valence-electron chi connectivity index (χ4n) is 17.7. The summed E-state index contributed by atoms with van der Waals surface area (Å²) in [5.41, 5.74) is -2.30. The summed E-state index contributed by atoms with van der Waals surface area (Å²) in [4.78, 5) is 191. The number of carbonyl (C=O) groups excluding carboxylic acids is 12. The van der Waals surface area contributed by atoms with Crippen molar-refractivity contribution in [2.45, 2.75) is 261 Å². The highest BCUT2D eigenvalue weighted by atomic mass is 19.4. The van der Waals surface area contributed by atoms with E-state index in [2.05, 4.69) is 16.0 Å². The first-order valence-corrected chi connectivity index (χ1v) is 38.2. The fourth-order valence-corrected chi connectivity index (χ4v) is 17.7. The third-order valence-corrected chi connectivity index (χ3v) is 24.2. The van der Waals surface area contributed by atoms with Gasteiger partial charge in [0.2, 0.25) is 70.9 Å². The number of halogens is 8. The van der Waals surface area contributed by atoms with Crippen LogP contribution in [-0.4, -0.2) is 276 Å². The van der Waals surface area contributed by atoms with Gasteiger partial charge in [0.1, 0.15) is 72.1 Å². The molecule has 0 aromatic carbocycles. The van der Waals surface area contributed by atoms with Crippen LogP contribution in [-0.2, 0) is 57.5 Å². The molecule has 4 saturated carbocycles. The van der Waals surface area contributed by atoms with Gasteiger partial charge in [-0.25, -0.2) is 8.78 Å². The molecule has 24 nitrogen and oxygen atoms in total. The number of hydrogen-bond donors (Lipinski definition) is 3. The van der Waals surface area contributed by atoms with Crippen LogP contribution in [0.1, 0.15) is 183 Å². The Kier molecular flexibility index (Phi) is 29.4. The first-order chi connectivity index (χ1) is 49.9. The van der Waals surface area contributed by atoms with E-state index in [1.165, 1.54) is 82.9 Å². The van der Waals surface area contributed by atoms with E-state index in [0.717, 1.165) is 24.5 Å². The van der Waals surface area contributed by atoms with Gasteiger partial charge in [-0.05, 0) is 151 Å². The van der Waals surface area contributed by atoms with E-state index in [-0.39, 0.29) is 89.6 Å². The summed E-state index contributed by atoms with van der Waals surface area (Å²) in [5, 5.41) is 8.45. The molecular formula is C75H116F8N12O12. The number of fused-ring (bicyclic) bond motifs is 3. The van der Waals surface area contributed by atoms with E-state index < -0.39 is 229 Å². The van der Waals surface area contributed by atoms with Gasteiger partial charge in [-0.3, -0.25) is 57.5 Å². The molecule has 0 aromatic heterocycles. The van der Waals surface area contributed by atoms with Crippen LogP contribution in [0.5, 0.6) is 0 Å². The van der Waals surface area contributed by atoms with Crippen LogP contribution >= 0.6 is 0 Å². The zero-order valence-electron chi connectivity index (χ0n) is 64.8. The van der Waals surface area contributed by atoms with E-state index in [1.54, 1.807) is 26.0 Å². The minimum absolute atomic E-state index is 0.00234. The topological polar surface area (TPSA) is 270 Å². The van der Waals surface area contributed by atoms with Crippen molar-refractivity contribution in [1.29, 1.82) is 0 Å². The van der Waals surface area contributed by atoms with Crippen molar-refractivity contribution in [2.75, 3.05) is 82.6 Å². The SMILES string of the molecule is CCC[C@@H]1C[C@H]2C(=O)NC3(CC(C)(C)C3)C(=O)N(C)[C@@H](C3CCCC3)C(=O)N(C)[C@H](C(=O)N(C)C)CC(=O)N(C)[C@@H](C)C(=O)N[C@@H]([C@@H](C)CC)C(=O)N(C)CC(=O)N(C)[C@H]3C/C=C\CCN(C3=O)[C@@H](CC3CCC(C(F)(F)F)CC3)C(=O)N(C)CC(=O)N[C@@H](CCC3CC(F)C(C(F)(F)F)C(F)C3)C(=O)N2C1. The van der Waals surface area contributed by atoms with E-state index >= 15 is 37.5 Å². The molecule has 604 valence electrons. The molecule has 0 aromatic rings. The smallest absolute Gasteiger partial charge is 0.347 e. The molecule has 2 unspecified atom stereocenters. The molecule has 2 saturated heterocycles. The minimum Gasteiger partial charge on any atom is -0.347 e. The number of alkyl halides is 8. The molecule has 0 radical (unpaired) electrons. The van der Waals surface area contributed by atoms with Gasteiger partial charge in [0.15, 0.2) is 0 Å². The largest absolute Gasteiger partial charge is 0.397 e. The Morgan fingerprint density at radius 1 is 0.636 bits per heavy atom. The minimum atomic E-state index is -5.21. The van der Waals surface area contributed by atoms with Crippen LogP contribution in [0.2, 0.25) is 0 Å². The monoisotopic (exact) mass is 1530 g/mol. The first kappa shape index (κ1) is 87.1. The second kappa shape index (κ2) is 36.1. The van der Waals surface area contributed by atoms with Gasteiger partial charge in [-0.2, -0.15) is 26.3 Å². The van der Waals surface area contributed by atoms with Crippen LogP contribution in [0, 0.1) is 46.8 Å². The molecule has 12 amide bonds. The Balaban J connectivity index is 1.32. The average molecular weight is 1530 g/mol. The number of rotatable bonds is 11. The zero-order chi connectivity index (χ0) is 79.9. The number of nitrogens with one attached hydrogen (secondary N) is 3. The standard InChI is InChI=1S/C75H116F8N12O12/c1-15-22-47-36-54-64(100)86-73(41-72(5,6)42-73)71(107)93(14)62(48-23-19-20-24-48)70(106)92(13)55(66(102)87(7)8)37-58(97)90(11)44(4)63(99)85-61(43(3)16-2)69(105)89(10)40-59(98)91(12)53-25-18-17-21-32-94(68(53)104)56(35-45-26-29-49(30-27-45)74(78,79)80)67(103)88(9)39-57(96)84-52(65(101)95(54)38-47)31-28-46-33-50(76)60(51(77)34-46)75(81,82)83/h17-18,43-56,60-62H,15-16,19-42H2,1-14H3,(H,84,96)(H,85,99)(H,86,100)/b18-17-/t43-,44-,45?,46?,47+,49?,50?,51?,52-,53-,54-,55-,56-,60?,61-,62-/m0/s1. The van der Waals surface area contributed by atoms with Crippen molar-refractivity contribution in [3.63, 3.8) is 0 Å². The third kappa shape index (κ3) is 20.8. The normalized spacial score (nSPS) is 32.6. The lowest BCUT2D eigenvalue weighted by Gasteiger charge is -2.54. The van der Waals surface area contributed by atoms with Crippen LogP contribution in [0.3, 0.4) is 0 Å². The lowest BCUT2D eigenvalue weighted by atomic mass is 9.58. The zero-order valence-corrected chi connectivity index (χ0v) is 64.8. The van der Waals surface area contributed by atoms with E-state index in [4.69, 9.17) is 0 Å². The Bertz CT molecular complexity index is 3230. The number of likely N-dealkylation sites (N-methyl/N-ethyl adjacent to an activating group) is 7. The quantitative estimate of drug-likeness (QED) is 0.140. The van der Waals surface area contributed by atoms with Crippen molar-refractivity contribution in [3.05, 3.63) is 12.2 Å². The molecular weight excluding hydrogens is 1410 g/mol. The lowest BCUT2D eigenvalue weighted by molar-refractivity contribution is -0.219. The number of amides is 12. The molecule has 3 heterocycles. The molecule has 4 aliphatic carbocycles. The molecule has 2 bridgehead atoms. The van der Waals surface area contributed by atoms with Crippen molar-refractivity contribution < 1.29 is 92.7 Å². The summed E-state index contributed by atoms with van der Waals surface area (Å²) >= 11 is 0. The molecule has 107 heavy (non-hydrogen) atoms. The van der Waals surface area contributed by atoms with Crippen molar-refractivity contribution >= 4 is 70.9 Å². The Hall–Kier alpha value is -7.18. The summed E-state index contributed by atoms with van der Waals surface area (Å²) in [5.74, 6) is -17.0. The number of hydrogen-bond acceptors (Lipinski definition) is 12. The van der Waals surface area contributed by atoms with Gasteiger partial charge < -0.3 is 60.0 Å². The lowest BCUT2D eigenvalue weighted by Crippen LogP contribution is -2.71. The van der Waals surface area contributed by atoms with Gasteiger partial charge in [-0.15, -0.1) is 0 Å². The maximum absolute atomic E-state index is 15.7. The molecule has 3 aliphatic heterocycles. The second-order valence-electron chi connectivity index (χ2n) is 32.9. The highest BCUT2D eigenvalue weighted by Crippen LogP contribution is 2.50. The first-order valence-electron chi connectivity index (χ1n) is 38.2. The van der Waals surface area contributed by atoms with E-state index in [0.29, 0.717) is 44.9 Å². The summed E-state index contributed by atoms with van der Waals surface area (Å²) in [7, 11) is 10.8. The molecule has 7 aliphatic rings. The Morgan fingerprint density at radius 3 is 1.80 bits per heavy atom. The van der Waals surface area contributed by atoms with Crippen LogP contribution in [0.25, 0.3) is 0 Å². The highest BCUT2D eigenvalue weighted by Gasteiger charge is 2.60. The van der Waals surface area contributed by atoms with Crippen LogP contribution < -0.4 is 16.0 Å². The predicted molar refractivity (Wildman–Crippen MR) is 379 cm³/mol. The van der Waals surface area contributed by atoms with Gasteiger partial charge >= 0.3 is 12.4 Å². The number of carbonyl (C=O) groups is 12. The predicted octanol–water partition coefficient (Wildman–Crippen LogP) is 6.97. The van der Waals surface area contributed by atoms with Crippen molar-refractivity contribution in [1.82, 2.24) is 60.0 Å². The van der Waals surface area contributed by atoms with Crippen molar-refractivity contribution in [3.8, 4) is 0 Å². The molecule has 1 spiro atoms. The van der Waals surface area contributed by atoms with Crippen LogP contribution in [0.4, 0.5) is 35.1 Å². The number of nitrogens with zero attached hydrogens (tertiary/aromatic N) is 9. The Labute approximate surface area is 624 Å². The van der Waals surface area contributed by atoms with Gasteiger partial charge in [0.05, 0.1) is 25.4 Å². The highest BCUT2D eigenvalue weighted by molar-refractivity contribution is 6.01. The second-order valence-corrected chi connectivity index (χ2v) is 32.9. The van der Waals surface area contributed by atoms with E-state index in [1.807, 2.05) is 20.8 Å². The molecule has 32 heteroatoms.